The first-order chi connectivity index (χ1) is 14.5. The van der Waals surface area contributed by atoms with Gasteiger partial charge in [0.1, 0.15) is 5.70 Å². The van der Waals surface area contributed by atoms with Crippen LogP contribution in [0.2, 0.25) is 0 Å². The minimum atomic E-state index is -0.245. The number of carbonyl (C=O) groups is 1. The molecule has 0 spiro atoms. The first-order valence-corrected chi connectivity index (χ1v) is 12.0. The molecule has 0 radical (unpaired) electrons. The third kappa shape index (κ3) is 5.36. The first-order valence-electron chi connectivity index (χ1n) is 10.0. The Balaban J connectivity index is 2.01. The highest BCUT2D eigenvalue weighted by atomic mass is 79.9. The minimum absolute atomic E-state index is 0.245. The fourth-order valence-electron chi connectivity index (χ4n) is 3.34. The van der Waals surface area contributed by atoms with Crippen LogP contribution in [0, 0.1) is 11.3 Å². The molecule has 0 atom stereocenters. The number of hydrogen-bond acceptors (Lipinski definition) is 6. The van der Waals surface area contributed by atoms with E-state index in [1.807, 2.05) is 42.7 Å². The van der Waals surface area contributed by atoms with Gasteiger partial charge in [-0.3, -0.25) is 4.79 Å². The third-order valence-corrected chi connectivity index (χ3v) is 6.42. The molecule has 160 valence electrons. The van der Waals surface area contributed by atoms with E-state index in [0.29, 0.717) is 29.4 Å². The second kappa shape index (κ2) is 10.3. The molecule has 0 unspecified atom stereocenters. The van der Waals surface area contributed by atoms with E-state index in [9.17, 15) is 4.79 Å². The van der Waals surface area contributed by atoms with E-state index in [-0.39, 0.29) is 5.91 Å². The summed E-state index contributed by atoms with van der Waals surface area (Å²) in [6.45, 7) is 1.46. The van der Waals surface area contributed by atoms with Crippen molar-refractivity contribution in [3.8, 4) is 0 Å². The Labute approximate surface area is 190 Å². The molecule has 1 amide bonds. The summed E-state index contributed by atoms with van der Waals surface area (Å²) in [5.41, 5.74) is 10.1. The van der Waals surface area contributed by atoms with Gasteiger partial charge >= 0.3 is 0 Å². The monoisotopic (exact) mass is 489 g/mol. The lowest BCUT2D eigenvalue weighted by Crippen LogP contribution is -2.29. The summed E-state index contributed by atoms with van der Waals surface area (Å²) < 4.78 is 3.18. The summed E-state index contributed by atoms with van der Waals surface area (Å²) in [5, 5.41) is 14.6. The molecule has 6 nitrogen and oxygen atoms in total. The number of nitrogens with two attached hydrogens (primary N) is 1. The Morgan fingerprint density at radius 1 is 1.30 bits per heavy atom. The molecule has 0 heterocycles. The van der Waals surface area contributed by atoms with Crippen molar-refractivity contribution in [2.24, 2.45) is 11.7 Å². The molecule has 1 aromatic rings. The van der Waals surface area contributed by atoms with Crippen molar-refractivity contribution in [3.63, 3.8) is 0 Å². The van der Waals surface area contributed by atoms with Crippen LogP contribution in [0.15, 0.2) is 63.4 Å². The number of hydrogen-bond donors (Lipinski definition) is 4. The zero-order valence-corrected chi connectivity index (χ0v) is 19.7. The number of likely N-dealkylation sites (N-methyl/N-ethyl adjacent to an activating group) is 1. The van der Waals surface area contributed by atoms with Gasteiger partial charge < -0.3 is 26.1 Å². The molecule has 0 saturated heterocycles. The average molecular weight is 490 g/mol. The molecule has 0 aliphatic heterocycles. The number of anilines is 1. The van der Waals surface area contributed by atoms with Crippen molar-refractivity contribution in [2.45, 2.75) is 19.3 Å². The van der Waals surface area contributed by atoms with E-state index < -0.39 is 0 Å². The highest BCUT2D eigenvalue weighted by Crippen LogP contribution is 2.44. The normalized spacial score (nSPS) is 17.8. The molecule has 30 heavy (non-hydrogen) atoms. The van der Waals surface area contributed by atoms with Gasteiger partial charge in [-0.2, -0.15) is 0 Å². The van der Waals surface area contributed by atoms with Gasteiger partial charge in [-0.05, 0) is 73.7 Å². The van der Waals surface area contributed by atoms with Gasteiger partial charge in [-0.25, -0.2) is 0 Å². The topological polar surface area (TPSA) is 94.2 Å². The standard InChI is InChI=1S/C22H28BrN5OS/c1-26-22(29)21(27-16-8-6-15(23)7-9-16)18-12-17(14-4-5-14)20(13-19(18)25)28(30-2)11-3-10-24/h6-9,12-14,25,27H,3-5,10-11,24H2,1-2H3,(H,26,29)/b21-18-,25-19?. The Kier molecular flexibility index (Phi) is 7.80. The smallest absolute Gasteiger partial charge is 0.268 e. The van der Waals surface area contributed by atoms with Crippen molar-refractivity contribution >= 4 is 45.2 Å². The largest absolute Gasteiger partial charge is 0.354 e. The van der Waals surface area contributed by atoms with Gasteiger partial charge in [0, 0.05) is 35.6 Å². The molecular formula is C22H28BrN5OS. The van der Waals surface area contributed by atoms with Crippen molar-refractivity contribution < 1.29 is 4.79 Å². The summed E-state index contributed by atoms with van der Waals surface area (Å²) in [6, 6.07) is 7.63. The molecule has 8 heteroatoms. The van der Waals surface area contributed by atoms with E-state index in [4.69, 9.17) is 11.1 Å². The van der Waals surface area contributed by atoms with Crippen molar-refractivity contribution in [1.29, 1.82) is 5.41 Å². The molecule has 2 aliphatic rings. The highest BCUT2D eigenvalue weighted by molar-refractivity contribution is 9.10. The summed E-state index contributed by atoms with van der Waals surface area (Å²) in [7, 11) is 1.60. The van der Waals surface area contributed by atoms with Crippen LogP contribution in [0.1, 0.15) is 19.3 Å². The lowest BCUT2D eigenvalue weighted by Gasteiger charge is -2.30. The minimum Gasteiger partial charge on any atom is -0.354 e. The number of carbonyl (C=O) groups excluding carboxylic acids is 1. The summed E-state index contributed by atoms with van der Waals surface area (Å²) in [6.07, 6.45) is 9.12. The molecule has 0 aromatic heterocycles. The van der Waals surface area contributed by atoms with Gasteiger partial charge in [0.15, 0.2) is 0 Å². The Hall–Kier alpha value is -2.03. The van der Waals surface area contributed by atoms with Crippen LogP contribution in [-0.2, 0) is 4.79 Å². The molecule has 0 bridgehead atoms. The SMILES string of the molecule is CNC(=O)/C(Nc1ccc(Br)cc1)=C1\C=C(C2CC2)C(N(CCCN)SC)=CC1=N. The Morgan fingerprint density at radius 3 is 2.57 bits per heavy atom. The van der Waals surface area contributed by atoms with Crippen molar-refractivity contribution in [3.05, 3.63) is 63.4 Å². The zero-order chi connectivity index (χ0) is 21.7. The number of halogens is 1. The van der Waals surface area contributed by atoms with E-state index >= 15 is 0 Å². The maximum atomic E-state index is 12.7. The third-order valence-electron chi connectivity index (χ3n) is 5.08. The van der Waals surface area contributed by atoms with Crippen LogP contribution in [0.5, 0.6) is 0 Å². The number of benzene rings is 1. The maximum absolute atomic E-state index is 12.7. The molecule has 1 aromatic carbocycles. The average Bonchev–Trinajstić information content (AvgIpc) is 3.59. The lowest BCUT2D eigenvalue weighted by atomic mass is 9.92. The van der Waals surface area contributed by atoms with E-state index in [2.05, 4.69) is 30.9 Å². The molecule has 5 N–H and O–H groups in total. The van der Waals surface area contributed by atoms with Crippen LogP contribution in [-0.4, -0.2) is 42.3 Å². The molecule has 1 saturated carbocycles. The van der Waals surface area contributed by atoms with E-state index in [1.54, 1.807) is 19.0 Å². The lowest BCUT2D eigenvalue weighted by molar-refractivity contribution is -0.116. The summed E-state index contributed by atoms with van der Waals surface area (Å²) in [5.74, 6) is 0.233. The molecular weight excluding hydrogens is 462 g/mol. The number of nitrogens with one attached hydrogen (secondary N) is 3. The predicted molar refractivity (Wildman–Crippen MR) is 129 cm³/mol. The zero-order valence-electron chi connectivity index (χ0n) is 17.3. The van der Waals surface area contributed by atoms with Gasteiger partial charge in [0.25, 0.3) is 5.91 Å². The van der Waals surface area contributed by atoms with Crippen molar-refractivity contribution in [2.75, 3.05) is 31.7 Å². The van der Waals surface area contributed by atoms with Crippen LogP contribution in [0.25, 0.3) is 0 Å². The van der Waals surface area contributed by atoms with Gasteiger partial charge in [-0.1, -0.05) is 27.9 Å². The molecule has 3 rings (SSSR count). The van der Waals surface area contributed by atoms with Crippen LogP contribution in [0.4, 0.5) is 5.69 Å². The van der Waals surface area contributed by atoms with Gasteiger partial charge in [0.05, 0.1) is 11.4 Å². The quantitative estimate of drug-likeness (QED) is 0.310. The fraction of sp³-hybridized carbons (Fsp3) is 0.364. The fourth-order valence-corrected chi connectivity index (χ4v) is 4.27. The number of allylic oxidation sites excluding steroid dienone is 4. The number of nitrogens with zero attached hydrogens (tertiary/aromatic N) is 1. The Bertz CT molecular complexity index is 903. The van der Waals surface area contributed by atoms with E-state index in [0.717, 1.165) is 41.7 Å². The van der Waals surface area contributed by atoms with Crippen molar-refractivity contribution in [1.82, 2.24) is 9.62 Å². The number of rotatable bonds is 9. The first kappa shape index (κ1) is 22.7. The summed E-state index contributed by atoms with van der Waals surface area (Å²) in [4.78, 5) is 12.7. The maximum Gasteiger partial charge on any atom is 0.268 e. The predicted octanol–water partition coefficient (Wildman–Crippen LogP) is 4.04. The number of amides is 1. The highest BCUT2D eigenvalue weighted by Gasteiger charge is 2.34. The second-order valence-electron chi connectivity index (χ2n) is 7.24. The van der Waals surface area contributed by atoms with E-state index in [1.165, 1.54) is 5.57 Å². The van der Waals surface area contributed by atoms with Gasteiger partial charge in [-0.15, -0.1) is 0 Å². The Morgan fingerprint density at radius 2 is 2.00 bits per heavy atom. The van der Waals surface area contributed by atoms with Gasteiger partial charge in [0.2, 0.25) is 0 Å². The van der Waals surface area contributed by atoms with Crippen LogP contribution < -0.4 is 16.4 Å². The molecule has 1 fully saturated rings. The molecule has 2 aliphatic carbocycles. The second-order valence-corrected chi connectivity index (χ2v) is 8.97. The van der Waals surface area contributed by atoms with Crippen LogP contribution >= 0.6 is 27.9 Å². The summed E-state index contributed by atoms with van der Waals surface area (Å²) >= 11 is 5.08. The van der Waals surface area contributed by atoms with Crippen LogP contribution in [0.3, 0.4) is 0 Å².